The highest BCUT2D eigenvalue weighted by molar-refractivity contribution is 5.81. The summed E-state index contributed by atoms with van der Waals surface area (Å²) in [4.78, 5) is 18.6. The molecule has 0 spiro atoms. The molecule has 3 aliphatic rings. The van der Waals surface area contributed by atoms with Gasteiger partial charge in [0, 0.05) is 51.3 Å². The normalized spacial score (nSPS) is 22.3. The van der Waals surface area contributed by atoms with E-state index in [0.717, 1.165) is 76.8 Å². The van der Waals surface area contributed by atoms with Crippen molar-refractivity contribution in [2.24, 2.45) is 5.92 Å². The van der Waals surface area contributed by atoms with E-state index < -0.39 is 0 Å². The average Bonchev–Trinajstić information content (AvgIpc) is 3.47. The lowest BCUT2D eigenvalue weighted by Crippen LogP contribution is -2.49. The quantitative estimate of drug-likeness (QED) is 0.803. The van der Waals surface area contributed by atoms with E-state index in [-0.39, 0.29) is 0 Å². The molecule has 0 bridgehead atoms. The number of ether oxygens (including phenoxy) is 1. The fraction of sp³-hybridized carbons (Fsp3) is 0.688. The fourth-order valence-electron chi connectivity index (χ4n) is 3.24. The lowest BCUT2D eigenvalue weighted by Gasteiger charge is -2.36. The van der Waals surface area contributed by atoms with Crippen LogP contribution in [0, 0.1) is 5.92 Å². The number of anilines is 2. The number of carbonyl (C=O) groups is 1. The Kier molecular flexibility index (Phi) is 4.03. The van der Waals surface area contributed by atoms with Crippen LogP contribution in [0.1, 0.15) is 12.8 Å². The third kappa shape index (κ3) is 3.24. The molecule has 1 aliphatic carbocycles. The van der Waals surface area contributed by atoms with Crippen molar-refractivity contribution in [1.29, 1.82) is 0 Å². The molecule has 1 aromatic rings. The first-order valence-corrected chi connectivity index (χ1v) is 8.50. The van der Waals surface area contributed by atoms with Crippen LogP contribution in [0.5, 0.6) is 0 Å². The van der Waals surface area contributed by atoms with Crippen LogP contribution in [-0.4, -0.2) is 73.5 Å². The summed E-state index contributed by atoms with van der Waals surface area (Å²) in [5, 5.41) is 8.46. The van der Waals surface area contributed by atoms with Crippen LogP contribution in [0.3, 0.4) is 0 Å². The molecule has 124 valence electrons. The maximum absolute atomic E-state index is 12.1. The number of carbonyl (C=O) groups excluding carboxylic acids is 1. The molecule has 0 atom stereocenters. The van der Waals surface area contributed by atoms with E-state index in [1.54, 1.807) is 0 Å². The molecule has 3 fully saturated rings. The summed E-state index contributed by atoms with van der Waals surface area (Å²) in [6, 6.07) is 2.11. The Balaban J connectivity index is 1.39. The summed E-state index contributed by atoms with van der Waals surface area (Å²) >= 11 is 0. The number of piperazine rings is 1. The second-order valence-corrected chi connectivity index (χ2v) is 6.46. The Morgan fingerprint density at radius 1 is 1.04 bits per heavy atom. The average molecular weight is 317 g/mol. The minimum Gasteiger partial charge on any atom is -0.378 e. The predicted octanol–water partition coefficient (Wildman–Crippen LogP) is 0.372. The SMILES string of the molecule is O=C(C1CC1)N1CCN(c2cc(N3CCOCC3)cnn2)CC1. The van der Waals surface area contributed by atoms with Crippen LogP contribution >= 0.6 is 0 Å². The lowest BCUT2D eigenvalue weighted by molar-refractivity contribution is -0.132. The van der Waals surface area contributed by atoms with Gasteiger partial charge in [-0.25, -0.2) is 0 Å². The summed E-state index contributed by atoms with van der Waals surface area (Å²) in [7, 11) is 0. The van der Waals surface area contributed by atoms with Gasteiger partial charge in [0.25, 0.3) is 0 Å². The first kappa shape index (κ1) is 14.7. The van der Waals surface area contributed by atoms with Crippen molar-refractivity contribution in [3.8, 4) is 0 Å². The first-order valence-electron chi connectivity index (χ1n) is 8.50. The molecule has 0 unspecified atom stereocenters. The molecular formula is C16H23N5O2. The monoisotopic (exact) mass is 317 g/mol. The molecule has 1 aromatic heterocycles. The van der Waals surface area contributed by atoms with Crippen molar-refractivity contribution >= 4 is 17.4 Å². The zero-order chi connectivity index (χ0) is 15.6. The van der Waals surface area contributed by atoms with Gasteiger partial charge in [-0.05, 0) is 12.8 Å². The maximum Gasteiger partial charge on any atom is 0.225 e. The summed E-state index contributed by atoms with van der Waals surface area (Å²) in [5.41, 5.74) is 1.11. The van der Waals surface area contributed by atoms with E-state index in [0.29, 0.717) is 11.8 Å². The second-order valence-electron chi connectivity index (χ2n) is 6.46. The molecule has 23 heavy (non-hydrogen) atoms. The van der Waals surface area contributed by atoms with Gasteiger partial charge < -0.3 is 19.4 Å². The molecule has 7 heteroatoms. The zero-order valence-electron chi connectivity index (χ0n) is 13.4. The number of aromatic nitrogens is 2. The predicted molar refractivity (Wildman–Crippen MR) is 86.6 cm³/mol. The number of hydrogen-bond donors (Lipinski definition) is 0. The molecule has 3 heterocycles. The summed E-state index contributed by atoms with van der Waals surface area (Å²) in [6.07, 6.45) is 3.97. The van der Waals surface area contributed by atoms with Crippen LogP contribution in [0.4, 0.5) is 11.5 Å². The van der Waals surface area contributed by atoms with Gasteiger partial charge in [0.2, 0.25) is 5.91 Å². The molecule has 1 amide bonds. The van der Waals surface area contributed by atoms with Crippen molar-refractivity contribution in [3.63, 3.8) is 0 Å². The minimum absolute atomic E-state index is 0.311. The summed E-state index contributed by atoms with van der Waals surface area (Å²) < 4.78 is 5.40. The molecule has 2 saturated heterocycles. The molecule has 4 rings (SSSR count). The minimum atomic E-state index is 0.311. The topological polar surface area (TPSA) is 61.8 Å². The van der Waals surface area contributed by atoms with Gasteiger partial charge in [0.15, 0.2) is 5.82 Å². The number of nitrogens with zero attached hydrogens (tertiary/aromatic N) is 5. The van der Waals surface area contributed by atoms with E-state index in [2.05, 4.69) is 26.1 Å². The second kappa shape index (κ2) is 6.31. The molecular weight excluding hydrogens is 294 g/mol. The van der Waals surface area contributed by atoms with E-state index in [1.807, 2.05) is 11.1 Å². The number of amides is 1. The smallest absolute Gasteiger partial charge is 0.225 e. The largest absolute Gasteiger partial charge is 0.378 e. The van der Waals surface area contributed by atoms with E-state index >= 15 is 0 Å². The highest BCUT2D eigenvalue weighted by Crippen LogP contribution is 2.31. The molecule has 0 aromatic carbocycles. The fourth-order valence-corrected chi connectivity index (χ4v) is 3.24. The van der Waals surface area contributed by atoms with Crippen molar-refractivity contribution < 1.29 is 9.53 Å². The van der Waals surface area contributed by atoms with Gasteiger partial charge in [-0.15, -0.1) is 5.10 Å². The van der Waals surface area contributed by atoms with Gasteiger partial charge in [-0.1, -0.05) is 0 Å². The van der Waals surface area contributed by atoms with E-state index in [1.165, 1.54) is 0 Å². The van der Waals surface area contributed by atoms with Gasteiger partial charge in [-0.3, -0.25) is 4.79 Å². The van der Waals surface area contributed by atoms with Crippen LogP contribution in [0.15, 0.2) is 12.3 Å². The Morgan fingerprint density at radius 2 is 1.78 bits per heavy atom. The van der Waals surface area contributed by atoms with Crippen molar-refractivity contribution in [1.82, 2.24) is 15.1 Å². The van der Waals surface area contributed by atoms with Gasteiger partial charge in [0.05, 0.1) is 25.1 Å². The molecule has 2 aliphatic heterocycles. The Hall–Kier alpha value is -1.89. The van der Waals surface area contributed by atoms with Gasteiger partial charge >= 0.3 is 0 Å². The van der Waals surface area contributed by atoms with Crippen molar-refractivity contribution in [2.75, 3.05) is 62.3 Å². The number of hydrogen-bond acceptors (Lipinski definition) is 6. The van der Waals surface area contributed by atoms with Crippen molar-refractivity contribution in [3.05, 3.63) is 12.3 Å². The van der Waals surface area contributed by atoms with Crippen molar-refractivity contribution in [2.45, 2.75) is 12.8 Å². The van der Waals surface area contributed by atoms with Gasteiger partial charge in [-0.2, -0.15) is 5.10 Å². The Bertz CT molecular complexity index is 563. The highest BCUT2D eigenvalue weighted by atomic mass is 16.5. The molecule has 1 saturated carbocycles. The summed E-state index contributed by atoms with van der Waals surface area (Å²) in [5.74, 6) is 1.57. The molecule has 0 radical (unpaired) electrons. The van der Waals surface area contributed by atoms with Crippen LogP contribution < -0.4 is 9.80 Å². The number of rotatable bonds is 3. The Labute approximate surface area is 136 Å². The van der Waals surface area contributed by atoms with Crippen LogP contribution in [-0.2, 0) is 9.53 Å². The summed E-state index contributed by atoms with van der Waals surface area (Å²) in [6.45, 7) is 6.57. The highest BCUT2D eigenvalue weighted by Gasteiger charge is 2.34. The van der Waals surface area contributed by atoms with Crippen LogP contribution in [0.25, 0.3) is 0 Å². The van der Waals surface area contributed by atoms with Crippen LogP contribution in [0.2, 0.25) is 0 Å². The maximum atomic E-state index is 12.1. The van der Waals surface area contributed by atoms with E-state index in [9.17, 15) is 4.79 Å². The zero-order valence-corrected chi connectivity index (χ0v) is 13.4. The first-order chi connectivity index (χ1) is 11.3. The lowest BCUT2D eigenvalue weighted by atomic mass is 10.2. The van der Waals surface area contributed by atoms with E-state index in [4.69, 9.17) is 4.74 Å². The number of morpholine rings is 1. The van der Waals surface area contributed by atoms with Gasteiger partial charge in [0.1, 0.15) is 0 Å². The molecule has 0 N–H and O–H groups in total. The molecule has 7 nitrogen and oxygen atoms in total. The third-order valence-electron chi connectivity index (χ3n) is 4.85. The Morgan fingerprint density at radius 3 is 2.48 bits per heavy atom. The standard InChI is InChI=1S/C16H23N5O2/c22-16(13-1-2-13)21-5-3-20(4-6-21)15-11-14(12-17-18-15)19-7-9-23-10-8-19/h11-13H,1-10H2. The third-order valence-corrected chi connectivity index (χ3v) is 4.85.